The van der Waals surface area contributed by atoms with Crippen LogP contribution in [0.15, 0.2) is 58.3 Å². The van der Waals surface area contributed by atoms with Crippen molar-refractivity contribution in [3.05, 3.63) is 59.7 Å². The molecule has 0 radical (unpaired) electrons. The first-order valence-electron chi connectivity index (χ1n) is 5.51. The Kier molecular flexibility index (Phi) is 3.64. The topological polar surface area (TPSA) is 17.1 Å². The van der Waals surface area contributed by atoms with Gasteiger partial charge in [0.1, 0.15) is 0 Å². The third-order valence-corrected chi connectivity index (χ3v) is 3.77. The van der Waals surface area contributed by atoms with E-state index in [-0.39, 0.29) is 5.78 Å². The van der Waals surface area contributed by atoms with Crippen LogP contribution in [0, 0.1) is 6.92 Å². The Morgan fingerprint density at radius 2 is 1.65 bits per heavy atom. The molecule has 0 fully saturated rings. The minimum absolute atomic E-state index is 0.109. The molecule has 1 nitrogen and oxygen atoms in total. The molecule has 0 saturated heterocycles. The number of carbonyl (C=O) groups excluding carboxylic acids is 1. The predicted octanol–water partition coefficient (Wildman–Crippen LogP) is 4.35. The van der Waals surface area contributed by atoms with Crippen molar-refractivity contribution in [3.8, 4) is 0 Å². The summed E-state index contributed by atoms with van der Waals surface area (Å²) in [5, 5.41) is 0. The van der Waals surface area contributed by atoms with E-state index in [0.717, 1.165) is 10.5 Å². The number of hydrogen-bond acceptors (Lipinski definition) is 2. The van der Waals surface area contributed by atoms with Gasteiger partial charge in [0.15, 0.2) is 5.78 Å². The summed E-state index contributed by atoms with van der Waals surface area (Å²) in [5.41, 5.74) is 2.03. The lowest BCUT2D eigenvalue weighted by atomic mass is 10.2. The van der Waals surface area contributed by atoms with Crippen molar-refractivity contribution in [2.24, 2.45) is 0 Å². The molecule has 0 saturated carbocycles. The molecule has 0 amide bonds. The van der Waals surface area contributed by atoms with Crippen LogP contribution in [0.3, 0.4) is 0 Å². The fourth-order valence-corrected chi connectivity index (χ4v) is 2.46. The van der Waals surface area contributed by atoms with Crippen molar-refractivity contribution in [2.45, 2.75) is 23.6 Å². The van der Waals surface area contributed by atoms with Crippen LogP contribution in [0.4, 0.5) is 0 Å². The van der Waals surface area contributed by atoms with Gasteiger partial charge in [0.25, 0.3) is 0 Å². The quantitative estimate of drug-likeness (QED) is 0.744. The van der Waals surface area contributed by atoms with E-state index in [9.17, 15) is 4.79 Å². The van der Waals surface area contributed by atoms with Gasteiger partial charge in [-0.3, -0.25) is 4.79 Å². The van der Waals surface area contributed by atoms with E-state index >= 15 is 0 Å². The SMILES string of the molecule is CC(=O)c1ccc(Sc2ccccc2C)cc1. The van der Waals surface area contributed by atoms with E-state index in [4.69, 9.17) is 0 Å². The molecule has 0 N–H and O–H groups in total. The minimum atomic E-state index is 0.109. The molecule has 0 aliphatic heterocycles. The molecule has 17 heavy (non-hydrogen) atoms. The molecule has 0 heterocycles. The third-order valence-electron chi connectivity index (χ3n) is 2.58. The number of hydrogen-bond donors (Lipinski definition) is 0. The fourth-order valence-electron chi connectivity index (χ4n) is 1.56. The summed E-state index contributed by atoms with van der Waals surface area (Å²) in [6.45, 7) is 3.69. The Bertz CT molecular complexity index is 529. The van der Waals surface area contributed by atoms with Gasteiger partial charge in [0, 0.05) is 15.4 Å². The van der Waals surface area contributed by atoms with E-state index < -0.39 is 0 Å². The molecule has 2 heteroatoms. The Balaban J connectivity index is 2.20. The maximum Gasteiger partial charge on any atom is 0.159 e. The van der Waals surface area contributed by atoms with E-state index in [1.807, 2.05) is 36.4 Å². The van der Waals surface area contributed by atoms with E-state index in [0.29, 0.717) is 0 Å². The Labute approximate surface area is 106 Å². The fraction of sp³-hybridized carbons (Fsp3) is 0.133. The Morgan fingerprint density at radius 3 is 2.24 bits per heavy atom. The van der Waals surface area contributed by atoms with Crippen molar-refractivity contribution in [1.29, 1.82) is 0 Å². The largest absolute Gasteiger partial charge is 0.295 e. The molecule has 2 aromatic rings. The summed E-state index contributed by atoms with van der Waals surface area (Å²) in [7, 11) is 0. The third kappa shape index (κ3) is 2.98. The first-order valence-corrected chi connectivity index (χ1v) is 6.33. The summed E-state index contributed by atoms with van der Waals surface area (Å²) < 4.78 is 0. The zero-order valence-electron chi connectivity index (χ0n) is 9.94. The lowest BCUT2D eigenvalue weighted by Crippen LogP contribution is -1.90. The molecule has 2 rings (SSSR count). The molecule has 0 bridgehead atoms. The lowest BCUT2D eigenvalue weighted by Gasteiger charge is -2.05. The minimum Gasteiger partial charge on any atom is -0.295 e. The summed E-state index contributed by atoms with van der Waals surface area (Å²) in [4.78, 5) is 13.6. The van der Waals surface area contributed by atoms with Crippen molar-refractivity contribution < 1.29 is 4.79 Å². The highest BCUT2D eigenvalue weighted by atomic mass is 32.2. The lowest BCUT2D eigenvalue weighted by molar-refractivity contribution is 0.101. The van der Waals surface area contributed by atoms with Crippen molar-refractivity contribution in [3.63, 3.8) is 0 Å². The van der Waals surface area contributed by atoms with Gasteiger partial charge < -0.3 is 0 Å². The number of rotatable bonds is 3. The van der Waals surface area contributed by atoms with Crippen LogP contribution in [-0.4, -0.2) is 5.78 Å². The van der Waals surface area contributed by atoms with Crippen molar-refractivity contribution >= 4 is 17.5 Å². The number of Topliss-reactive ketones (excluding diaryl/α,β-unsaturated/α-hetero) is 1. The van der Waals surface area contributed by atoms with E-state index in [1.54, 1.807) is 18.7 Å². The van der Waals surface area contributed by atoms with Gasteiger partial charge in [-0.15, -0.1) is 0 Å². The van der Waals surface area contributed by atoms with Gasteiger partial charge in [0.2, 0.25) is 0 Å². The second kappa shape index (κ2) is 5.19. The Morgan fingerprint density at radius 1 is 1.00 bits per heavy atom. The van der Waals surface area contributed by atoms with Crippen molar-refractivity contribution in [1.82, 2.24) is 0 Å². The smallest absolute Gasteiger partial charge is 0.159 e. The van der Waals surface area contributed by atoms with Crippen LogP contribution in [0.25, 0.3) is 0 Å². The molecule has 2 aromatic carbocycles. The highest BCUT2D eigenvalue weighted by Gasteiger charge is 2.02. The van der Waals surface area contributed by atoms with Crippen LogP contribution in [0.1, 0.15) is 22.8 Å². The number of carbonyl (C=O) groups is 1. The molecule has 0 aromatic heterocycles. The summed E-state index contributed by atoms with van der Waals surface area (Å²) in [5.74, 6) is 0.109. The van der Waals surface area contributed by atoms with Crippen LogP contribution >= 0.6 is 11.8 Å². The zero-order valence-corrected chi connectivity index (χ0v) is 10.8. The van der Waals surface area contributed by atoms with Gasteiger partial charge in [0.05, 0.1) is 0 Å². The van der Waals surface area contributed by atoms with Gasteiger partial charge in [-0.1, -0.05) is 42.1 Å². The van der Waals surface area contributed by atoms with Crippen LogP contribution in [0.2, 0.25) is 0 Å². The highest BCUT2D eigenvalue weighted by molar-refractivity contribution is 7.99. The highest BCUT2D eigenvalue weighted by Crippen LogP contribution is 2.30. The molecule has 0 unspecified atom stereocenters. The maximum absolute atomic E-state index is 11.2. The molecular weight excluding hydrogens is 228 g/mol. The van der Waals surface area contributed by atoms with Gasteiger partial charge in [-0.05, 0) is 37.6 Å². The molecule has 86 valence electrons. The second-order valence-electron chi connectivity index (χ2n) is 3.95. The van der Waals surface area contributed by atoms with Crippen molar-refractivity contribution in [2.75, 3.05) is 0 Å². The summed E-state index contributed by atoms with van der Waals surface area (Å²) in [6.07, 6.45) is 0. The number of benzene rings is 2. The number of ketones is 1. The second-order valence-corrected chi connectivity index (χ2v) is 5.06. The first-order chi connectivity index (χ1) is 8.16. The summed E-state index contributed by atoms with van der Waals surface area (Å²) in [6, 6.07) is 16.0. The molecule has 0 aliphatic rings. The average molecular weight is 242 g/mol. The summed E-state index contributed by atoms with van der Waals surface area (Å²) >= 11 is 1.72. The van der Waals surface area contributed by atoms with Crippen LogP contribution < -0.4 is 0 Å². The van der Waals surface area contributed by atoms with E-state index in [1.165, 1.54) is 10.5 Å². The predicted molar refractivity (Wildman–Crippen MR) is 71.7 cm³/mol. The number of aryl methyl sites for hydroxylation is 1. The zero-order chi connectivity index (χ0) is 12.3. The maximum atomic E-state index is 11.2. The molecule has 0 atom stereocenters. The Hall–Kier alpha value is -1.54. The van der Waals surface area contributed by atoms with Crippen LogP contribution in [0.5, 0.6) is 0 Å². The standard InChI is InChI=1S/C15H14OS/c1-11-5-3-4-6-15(11)17-14-9-7-13(8-10-14)12(2)16/h3-10H,1-2H3. The van der Waals surface area contributed by atoms with Gasteiger partial charge >= 0.3 is 0 Å². The van der Waals surface area contributed by atoms with Gasteiger partial charge in [-0.2, -0.15) is 0 Å². The van der Waals surface area contributed by atoms with E-state index in [2.05, 4.69) is 19.1 Å². The monoisotopic (exact) mass is 242 g/mol. The van der Waals surface area contributed by atoms with Crippen LogP contribution in [-0.2, 0) is 0 Å². The average Bonchev–Trinajstić information content (AvgIpc) is 2.33. The first kappa shape index (κ1) is 11.9. The molecular formula is C15H14OS. The van der Waals surface area contributed by atoms with Gasteiger partial charge in [-0.25, -0.2) is 0 Å². The molecule has 0 spiro atoms. The molecule has 0 aliphatic carbocycles. The normalized spacial score (nSPS) is 10.2.